The molecule has 2 rings (SSSR count). The van der Waals surface area contributed by atoms with Crippen LogP contribution in [0.3, 0.4) is 0 Å². The second-order valence-corrected chi connectivity index (χ2v) is 11.3. The Morgan fingerprint density at radius 1 is 1.27 bits per heavy atom. The molecule has 0 aromatic rings. The van der Waals surface area contributed by atoms with Gasteiger partial charge in [-0.15, -0.1) is 16.5 Å². The summed E-state index contributed by atoms with van der Waals surface area (Å²) in [6.45, 7) is 6.79. The molecule has 9 atom stereocenters. The highest BCUT2D eigenvalue weighted by Crippen LogP contribution is 2.36. The first-order chi connectivity index (χ1) is 12.1. The van der Waals surface area contributed by atoms with Gasteiger partial charge in [0.2, 0.25) is 0 Å². The standard InChI is InChI=1S/C17H30FNO5S2/c1-9-6-5-7-10(8-18)25-16-14(22)12(20)13(21)15(24-16)11(9)19-26(23)17(2,3)4/h5-6,9-16,19-22H,7-8H2,1-4H3/b6-5-/t9-,10+,11-,12?,13?,14-,15-,16?,26-/m1/s1. The number of thioether (sulfide) groups is 1. The minimum absolute atomic E-state index is 0.188. The van der Waals surface area contributed by atoms with Crippen LogP contribution in [0.1, 0.15) is 34.1 Å². The van der Waals surface area contributed by atoms with E-state index in [9.17, 15) is 24.3 Å². The van der Waals surface area contributed by atoms with Gasteiger partial charge in [-0.3, -0.25) is 0 Å². The smallest absolute Gasteiger partial charge is 0.136 e. The van der Waals surface area contributed by atoms with E-state index in [1.165, 1.54) is 0 Å². The predicted molar refractivity (Wildman–Crippen MR) is 102 cm³/mol. The lowest BCUT2D eigenvalue weighted by molar-refractivity contribution is -0.206. The summed E-state index contributed by atoms with van der Waals surface area (Å²) in [7, 11) is 0. The van der Waals surface area contributed by atoms with Crippen LogP contribution in [0.15, 0.2) is 12.2 Å². The van der Waals surface area contributed by atoms with Crippen LogP contribution in [0.2, 0.25) is 0 Å². The number of hydrogen-bond acceptors (Lipinski definition) is 7. The van der Waals surface area contributed by atoms with Gasteiger partial charge in [0, 0.05) is 16.6 Å². The minimum Gasteiger partial charge on any atom is -0.598 e. The van der Waals surface area contributed by atoms with Gasteiger partial charge in [0.15, 0.2) is 0 Å². The van der Waals surface area contributed by atoms with E-state index in [4.69, 9.17) is 4.74 Å². The Kier molecular flexibility index (Phi) is 7.83. The van der Waals surface area contributed by atoms with Gasteiger partial charge in [0.25, 0.3) is 0 Å². The number of nitrogens with one attached hydrogen (secondary N) is 1. The maximum absolute atomic E-state index is 13.3. The van der Waals surface area contributed by atoms with E-state index < -0.39 is 63.9 Å². The summed E-state index contributed by atoms with van der Waals surface area (Å²) in [6, 6.07) is -0.548. The van der Waals surface area contributed by atoms with Crippen molar-refractivity contribution in [3.63, 3.8) is 0 Å². The van der Waals surface area contributed by atoms with E-state index in [2.05, 4.69) is 4.72 Å². The largest absolute Gasteiger partial charge is 0.598 e. The van der Waals surface area contributed by atoms with Crippen molar-refractivity contribution in [3.8, 4) is 0 Å². The lowest BCUT2D eigenvalue weighted by Crippen LogP contribution is -2.64. The maximum Gasteiger partial charge on any atom is 0.136 e. The number of rotatable bonds is 3. The lowest BCUT2D eigenvalue weighted by Gasteiger charge is -2.45. The molecule has 4 N–H and O–H groups in total. The molecule has 0 saturated carbocycles. The summed E-state index contributed by atoms with van der Waals surface area (Å²) in [5, 5.41) is 30.6. The summed E-state index contributed by atoms with van der Waals surface area (Å²) in [5.74, 6) is -0.188. The first kappa shape index (κ1) is 22.4. The molecule has 0 aliphatic carbocycles. The molecular weight excluding hydrogens is 381 g/mol. The van der Waals surface area contributed by atoms with Crippen molar-refractivity contribution in [2.45, 2.75) is 80.0 Å². The Hall–Kier alpha value is 0.130. The fourth-order valence-electron chi connectivity index (χ4n) is 2.97. The van der Waals surface area contributed by atoms with Crippen LogP contribution in [-0.4, -0.2) is 72.4 Å². The predicted octanol–water partition coefficient (Wildman–Crippen LogP) is 0.882. The second kappa shape index (κ2) is 9.09. The van der Waals surface area contributed by atoms with Gasteiger partial charge < -0.3 is 24.6 Å². The number of allylic oxidation sites excluding steroid dienone is 1. The molecule has 0 aromatic heterocycles. The van der Waals surface area contributed by atoms with Gasteiger partial charge in [0.05, 0.1) is 6.04 Å². The van der Waals surface area contributed by atoms with E-state index in [0.717, 1.165) is 11.8 Å². The van der Waals surface area contributed by atoms with Crippen molar-refractivity contribution in [3.05, 3.63) is 12.2 Å². The highest BCUT2D eigenvalue weighted by molar-refractivity contribution is 8.00. The third-order valence-electron chi connectivity index (χ3n) is 4.66. The fraction of sp³-hybridized carbons (Fsp3) is 0.882. The average molecular weight is 412 g/mol. The van der Waals surface area contributed by atoms with Crippen LogP contribution >= 0.6 is 11.8 Å². The molecule has 9 heteroatoms. The molecule has 2 aliphatic heterocycles. The Balaban J connectivity index is 2.34. The van der Waals surface area contributed by atoms with Crippen LogP contribution in [-0.2, 0) is 16.1 Å². The maximum atomic E-state index is 13.3. The Bertz CT molecular complexity index is 492. The Morgan fingerprint density at radius 3 is 2.50 bits per heavy atom. The molecule has 3 unspecified atom stereocenters. The third-order valence-corrected chi connectivity index (χ3v) is 7.62. The fourth-order valence-corrected chi connectivity index (χ4v) is 5.10. The van der Waals surface area contributed by atoms with E-state index in [1.54, 1.807) is 0 Å². The molecule has 2 heterocycles. The topological polar surface area (TPSA) is 105 Å². The quantitative estimate of drug-likeness (QED) is 0.404. The van der Waals surface area contributed by atoms with Crippen LogP contribution in [0, 0.1) is 5.92 Å². The normalized spacial score (nSPS) is 44.3. The summed E-state index contributed by atoms with van der Waals surface area (Å²) in [4.78, 5) is 0. The number of aliphatic hydroxyl groups excluding tert-OH is 3. The number of aliphatic hydroxyl groups is 3. The molecule has 0 radical (unpaired) electrons. The zero-order chi connectivity index (χ0) is 19.6. The first-order valence-corrected chi connectivity index (χ1v) is 10.9. The summed E-state index contributed by atoms with van der Waals surface area (Å²) < 4.78 is 34.3. The highest BCUT2D eigenvalue weighted by Gasteiger charge is 2.50. The van der Waals surface area contributed by atoms with Crippen molar-refractivity contribution >= 4 is 23.1 Å². The van der Waals surface area contributed by atoms with Crippen molar-refractivity contribution < 1.29 is 29.0 Å². The van der Waals surface area contributed by atoms with E-state index >= 15 is 0 Å². The van der Waals surface area contributed by atoms with Crippen molar-refractivity contribution in [2.75, 3.05) is 6.67 Å². The Morgan fingerprint density at radius 2 is 1.92 bits per heavy atom. The number of halogens is 1. The van der Waals surface area contributed by atoms with Gasteiger partial charge in [0.1, 0.15) is 41.3 Å². The van der Waals surface area contributed by atoms with E-state index in [1.807, 2.05) is 39.8 Å². The summed E-state index contributed by atoms with van der Waals surface area (Å²) in [5.41, 5.74) is -0.870. The van der Waals surface area contributed by atoms with Crippen molar-refractivity contribution in [1.29, 1.82) is 0 Å². The average Bonchev–Trinajstić information content (AvgIpc) is 2.57. The molecule has 152 valence electrons. The molecule has 2 bridgehead atoms. The molecule has 0 amide bonds. The monoisotopic (exact) mass is 411 g/mol. The molecule has 1 fully saturated rings. The van der Waals surface area contributed by atoms with Gasteiger partial charge in [-0.1, -0.05) is 19.1 Å². The number of ether oxygens (including phenoxy) is 1. The van der Waals surface area contributed by atoms with Crippen molar-refractivity contribution in [1.82, 2.24) is 4.72 Å². The van der Waals surface area contributed by atoms with E-state index in [0.29, 0.717) is 6.42 Å². The molecular formula is C17H30FNO5S2. The zero-order valence-electron chi connectivity index (χ0n) is 15.5. The zero-order valence-corrected chi connectivity index (χ0v) is 17.2. The molecule has 1 saturated heterocycles. The number of alkyl halides is 1. The SMILES string of the molecule is C[C@@H]1/C=C\C[C@@H](CF)SC2O[C@@H](C(O)C(O)[C@H]2O)[C@@H]1N[S@+]([O-])C(C)(C)C. The molecule has 2 aliphatic rings. The van der Waals surface area contributed by atoms with Gasteiger partial charge in [-0.05, 0) is 33.1 Å². The van der Waals surface area contributed by atoms with Gasteiger partial charge in [-0.25, -0.2) is 4.39 Å². The summed E-state index contributed by atoms with van der Waals surface area (Å²) >= 11 is -0.306. The van der Waals surface area contributed by atoms with Gasteiger partial charge in [-0.2, -0.15) is 0 Å². The highest BCUT2D eigenvalue weighted by atomic mass is 32.2. The number of fused-ring (bicyclic) bond motifs is 2. The van der Waals surface area contributed by atoms with Crippen LogP contribution in [0.5, 0.6) is 0 Å². The molecule has 6 nitrogen and oxygen atoms in total. The van der Waals surface area contributed by atoms with Gasteiger partial charge >= 0.3 is 0 Å². The summed E-state index contributed by atoms with van der Waals surface area (Å²) in [6.07, 6.45) is -0.786. The van der Waals surface area contributed by atoms with Crippen LogP contribution in [0.25, 0.3) is 0 Å². The molecule has 26 heavy (non-hydrogen) atoms. The Labute approximate surface area is 161 Å². The minimum atomic E-state index is -1.42. The molecule has 0 aromatic carbocycles. The first-order valence-electron chi connectivity index (χ1n) is 8.82. The van der Waals surface area contributed by atoms with Crippen molar-refractivity contribution in [2.24, 2.45) is 5.92 Å². The number of hydrogen-bond donors (Lipinski definition) is 4. The lowest BCUT2D eigenvalue weighted by atomic mass is 9.88. The third kappa shape index (κ3) is 5.14. The second-order valence-electron chi connectivity index (χ2n) is 7.90. The van der Waals surface area contributed by atoms with Crippen LogP contribution < -0.4 is 4.72 Å². The van der Waals surface area contributed by atoms with E-state index in [-0.39, 0.29) is 5.92 Å². The van der Waals surface area contributed by atoms with Crippen LogP contribution in [0.4, 0.5) is 4.39 Å². The molecule has 0 spiro atoms.